The molecule has 2 aromatic carbocycles. The number of rotatable bonds is 4. The molecule has 160 valence electrons. The van der Waals surface area contributed by atoms with Crippen LogP contribution in [0, 0.1) is 25.6 Å². The fourth-order valence-electron chi connectivity index (χ4n) is 3.95. The number of hydrogen-bond donors (Lipinski definition) is 1. The lowest BCUT2D eigenvalue weighted by Gasteiger charge is -2.33. The van der Waals surface area contributed by atoms with Crippen molar-refractivity contribution < 1.29 is 9.18 Å². The van der Waals surface area contributed by atoms with Gasteiger partial charge >= 0.3 is 0 Å². The number of piperidine rings is 1. The van der Waals surface area contributed by atoms with Gasteiger partial charge in [0.2, 0.25) is 5.91 Å². The Morgan fingerprint density at radius 1 is 1.13 bits per heavy atom. The predicted molar refractivity (Wildman–Crippen MR) is 119 cm³/mol. The summed E-state index contributed by atoms with van der Waals surface area (Å²) in [5.74, 6) is -0.0495. The zero-order chi connectivity index (χ0) is 22.0. The molecule has 1 aliphatic rings. The van der Waals surface area contributed by atoms with Crippen molar-refractivity contribution in [2.75, 3.05) is 23.3 Å². The molecular weight excluding hydrogens is 395 g/mol. The van der Waals surface area contributed by atoms with Gasteiger partial charge in [0.15, 0.2) is 0 Å². The first kappa shape index (κ1) is 20.8. The van der Waals surface area contributed by atoms with Crippen molar-refractivity contribution in [1.82, 2.24) is 9.78 Å². The van der Waals surface area contributed by atoms with Crippen molar-refractivity contribution >= 4 is 17.4 Å². The summed E-state index contributed by atoms with van der Waals surface area (Å²) in [6, 6.07) is 14.8. The van der Waals surface area contributed by atoms with Gasteiger partial charge in [-0.3, -0.25) is 9.59 Å². The molecule has 6 nitrogen and oxygen atoms in total. The number of amides is 1. The molecule has 1 atom stereocenters. The summed E-state index contributed by atoms with van der Waals surface area (Å²) in [4.78, 5) is 27.2. The molecule has 1 amide bonds. The molecule has 0 radical (unpaired) electrons. The first-order chi connectivity index (χ1) is 14.9. The Morgan fingerprint density at radius 3 is 2.74 bits per heavy atom. The normalized spacial score (nSPS) is 16.2. The van der Waals surface area contributed by atoms with E-state index in [1.807, 2.05) is 36.9 Å². The summed E-state index contributed by atoms with van der Waals surface area (Å²) in [5.41, 5.74) is 3.04. The van der Waals surface area contributed by atoms with Crippen molar-refractivity contribution in [2.45, 2.75) is 26.7 Å². The molecule has 7 heteroatoms. The van der Waals surface area contributed by atoms with E-state index >= 15 is 0 Å². The maximum absolute atomic E-state index is 13.6. The van der Waals surface area contributed by atoms with E-state index in [2.05, 4.69) is 10.4 Å². The van der Waals surface area contributed by atoms with Crippen LogP contribution in [0.3, 0.4) is 0 Å². The highest BCUT2D eigenvalue weighted by Crippen LogP contribution is 2.24. The molecule has 1 fully saturated rings. The molecule has 0 bridgehead atoms. The molecule has 2 heterocycles. The second-order valence-corrected chi connectivity index (χ2v) is 8.01. The summed E-state index contributed by atoms with van der Waals surface area (Å²) >= 11 is 0. The Morgan fingerprint density at radius 2 is 1.97 bits per heavy atom. The highest BCUT2D eigenvalue weighted by Gasteiger charge is 2.27. The van der Waals surface area contributed by atoms with E-state index in [0.717, 1.165) is 36.2 Å². The number of carbonyl (C=O) groups excluding carboxylic acids is 1. The summed E-state index contributed by atoms with van der Waals surface area (Å²) in [6.45, 7) is 5.25. The maximum atomic E-state index is 13.6. The molecule has 1 N–H and O–H groups in total. The monoisotopic (exact) mass is 420 g/mol. The van der Waals surface area contributed by atoms with Crippen molar-refractivity contribution in [2.24, 2.45) is 5.92 Å². The Labute approximate surface area is 180 Å². The average Bonchev–Trinajstić information content (AvgIpc) is 2.76. The van der Waals surface area contributed by atoms with E-state index in [1.165, 1.54) is 22.9 Å². The summed E-state index contributed by atoms with van der Waals surface area (Å²) < 4.78 is 14.8. The maximum Gasteiger partial charge on any atom is 0.271 e. The van der Waals surface area contributed by atoms with Crippen molar-refractivity contribution in [1.29, 1.82) is 0 Å². The molecule has 4 rings (SSSR count). The highest BCUT2D eigenvalue weighted by atomic mass is 19.1. The van der Waals surface area contributed by atoms with Crippen LogP contribution in [0.1, 0.15) is 24.0 Å². The van der Waals surface area contributed by atoms with Crippen LogP contribution in [0.2, 0.25) is 0 Å². The third kappa shape index (κ3) is 4.66. The Kier molecular flexibility index (Phi) is 5.84. The van der Waals surface area contributed by atoms with Gasteiger partial charge in [0, 0.05) is 24.8 Å². The minimum Gasteiger partial charge on any atom is -0.354 e. The fraction of sp³-hybridized carbons (Fsp3) is 0.292. The van der Waals surface area contributed by atoms with E-state index in [9.17, 15) is 14.0 Å². The van der Waals surface area contributed by atoms with Crippen LogP contribution in [0.5, 0.6) is 0 Å². The number of nitrogens with one attached hydrogen (secondary N) is 1. The Balaban J connectivity index is 1.52. The smallest absolute Gasteiger partial charge is 0.271 e. The topological polar surface area (TPSA) is 67.2 Å². The number of aromatic nitrogens is 2. The van der Waals surface area contributed by atoms with Gasteiger partial charge in [0.05, 0.1) is 11.6 Å². The second-order valence-electron chi connectivity index (χ2n) is 8.01. The minimum absolute atomic E-state index is 0.0184. The van der Waals surface area contributed by atoms with Crippen LogP contribution in [0.15, 0.2) is 59.4 Å². The van der Waals surface area contributed by atoms with Crippen LogP contribution in [0.4, 0.5) is 15.9 Å². The van der Waals surface area contributed by atoms with Crippen LogP contribution in [0.25, 0.3) is 5.69 Å². The zero-order valence-electron chi connectivity index (χ0n) is 17.6. The average molecular weight is 420 g/mol. The number of nitrogens with zero attached hydrogens (tertiary/aromatic N) is 3. The third-order valence-corrected chi connectivity index (χ3v) is 5.59. The lowest BCUT2D eigenvalue weighted by Crippen LogP contribution is -2.41. The zero-order valence-corrected chi connectivity index (χ0v) is 17.6. The number of carbonyl (C=O) groups is 1. The second kappa shape index (κ2) is 8.71. The first-order valence-electron chi connectivity index (χ1n) is 10.4. The van der Waals surface area contributed by atoms with Gasteiger partial charge in [-0.1, -0.05) is 23.8 Å². The first-order valence-corrected chi connectivity index (χ1v) is 10.4. The molecule has 0 aliphatic carbocycles. The van der Waals surface area contributed by atoms with Crippen LogP contribution in [-0.2, 0) is 4.79 Å². The van der Waals surface area contributed by atoms with Crippen molar-refractivity contribution in [3.8, 4) is 5.69 Å². The molecule has 1 aromatic heterocycles. The minimum atomic E-state index is -0.433. The van der Waals surface area contributed by atoms with Gasteiger partial charge in [-0.2, -0.15) is 4.68 Å². The van der Waals surface area contributed by atoms with Crippen LogP contribution < -0.4 is 15.8 Å². The highest BCUT2D eigenvalue weighted by molar-refractivity contribution is 5.93. The third-order valence-electron chi connectivity index (χ3n) is 5.59. The van der Waals surface area contributed by atoms with E-state index < -0.39 is 5.82 Å². The van der Waals surface area contributed by atoms with E-state index in [1.54, 1.807) is 18.2 Å². The molecular formula is C24H25FN4O2. The molecule has 3 aromatic rings. The standard InChI is InChI=1S/C24H25FN4O2/c1-16-8-9-21(17(2)13-16)26-24(31)18-5-4-12-28(15-18)22-10-11-23(30)29(27-22)20-7-3-6-19(25)14-20/h3,6-11,13-14,18H,4-5,12,15H2,1-2H3,(H,26,31)/t18-/m0/s1. The lowest BCUT2D eigenvalue weighted by molar-refractivity contribution is -0.120. The van der Waals surface area contributed by atoms with E-state index in [4.69, 9.17) is 0 Å². The van der Waals surface area contributed by atoms with Crippen molar-refractivity contribution in [3.63, 3.8) is 0 Å². The number of halogens is 1. The number of hydrogen-bond acceptors (Lipinski definition) is 4. The number of benzene rings is 2. The molecule has 0 unspecified atom stereocenters. The molecule has 1 saturated heterocycles. The van der Waals surface area contributed by atoms with Crippen molar-refractivity contribution in [3.05, 3.63) is 81.9 Å². The van der Waals surface area contributed by atoms with Gasteiger partial charge < -0.3 is 10.2 Å². The van der Waals surface area contributed by atoms with Gasteiger partial charge in [0.1, 0.15) is 11.6 Å². The predicted octanol–water partition coefficient (Wildman–Crippen LogP) is 3.84. The van der Waals surface area contributed by atoms with Gasteiger partial charge in [-0.05, 0) is 62.6 Å². The summed E-state index contributed by atoms with van der Waals surface area (Å²) in [5, 5.41) is 7.49. The van der Waals surface area contributed by atoms with Gasteiger partial charge in [-0.15, -0.1) is 5.10 Å². The van der Waals surface area contributed by atoms with E-state index in [0.29, 0.717) is 18.1 Å². The van der Waals surface area contributed by atoms with Crippen LogP contribution in [-0.4, -0.2) is 28.8 Å². The number of anilines is 2. The molecule has 1 aliphatic heterocycles. The fourth-order valence-corrected chi connectivity index (χ4v) is 3.95. The van der Waals surface area contributed by atoms with Gasteiger partial charge in [-0.25, -0.2) is 4.39 Å². The lowest BCUT2D eigenvalue weighted by atomic mass is 9.96. The largest absolute Gasteiger partial charge is 0.354 e. The quantitative estimate of drug-likeness (QED) is 0.696. The SMILES string of the molecule is Cc1ccc(NC(=O)[C@H]2CCCN(c3ccc(=O)n(-c4cccc(F)c4)n3)C2)c(C)c1. The molecule has 31 heavy (non-hydrogen) atoms. The van der Waals surface area contributed by atoms with Gasteiger partial charge in [0.25, 0.3) is 5.56 Å². The van der Waals surface area contributed by atoms with Crippen LogP contribution >= 0.6 is 0 Å². The van der Waals surface area contributed by atoms with E-state index in [-0.39, 0.29) is 17.4 Å². The summed E-state index contributed by atoms with van der Waals surface area (Å²) in [6.07, 6.45) is 1.63. The Hall–Kier alpha value is -3.48. The molecule has 0 saturated carbocycles. The summed E-state index contributed by atoms with van der Waals surface area (Å²) in [7, 11) is 0. The number of aryl methyl sites for hydroxylation is 2. The molecule has 0 spiro atoms. The Bertz CT molecular complexity index is 1170.